The standard InChI is InChI=1S/C13H24N2S/c1-10-5-4-6-11(10)9-14-13(16)15-12-7-2-3-8-12/h10-12H,2-9H2,1H3,(H2,14,15,16). The summed E-state index contributed by atoms with van der Waals surface area (Å²) in [4.78, 5) is 0. The van der Waals surface area contributed by atoms with Gasteiger partial charge in [0.15, 0.2) is 5.11 Å². The van der Waals surface area contributed by atoms with E-state index < -0.39 is 0 Å². The average Bonchev–Trinajstić information content (AvgIpc) is 2.87. The third-order valence-electron chi connectivity index (χ3n) is 4.25. The Morgan fingerprint density at radius 2 is 1.88 bits per heavy atom. The first kappa shape index (κ1) is 12.2. The fourth-order valence-electron chi connectivity index (χ4n) is 3.06. The van der Waals surface area contributed by atoms with Gasteiger partial charge < -0.3 is 10.6 Å². The predicted octanol–water partition coefficient (Wildman–Crippen LogP) is 2.83. The van der Waals surface area contributed by atoms with Gasteiger partial charge in [0.05, 0.1) is 0 Å². The number of rotatable bonds is 3. The lowest BCUT2D eigenvalue weighted by Gasteiger charge is -2.20. The lowest BCUT2D eigenvalue weighted by Crippen LogP contribution is -2.42. The van der Waals surface area contributed by atoms with Crippen molar-refractivity contribution in [3.63, 3.8) is 0 Å². The van der Waals surface area contributed by atoms with Crippen molar-refractivity contribution >= 4 is 17.3 Å². The molecule has 2 unspecified atom stereocenters. The number of thiocarbonyl (C=S) groups is 1. The van der Waals surface area contributed by atoms with Crippen LogP contribution in [0.2, 0.25) is 0 Å². The Kier molecular flexibility index (Phi) is 4.45. The molecular formula is C13H24N2S. The van der Waals surface area contributed by atoms with Crippen molar-refractivity contribution in [1.29, 1.82) is 0 Å². The van der Waals surface area contributed by atoms with Crippen LogP contribution in [-0.2, 0) is 0 Å². The van der Waals surface area contributed by atoms with E-state index in [4.69, 9.17) is 12.2 Å². The van der Waals surface area contributed by atoms with E-state index in [9.17, 15) is 0 Å². The highest BCUT2D eigenvalue weighted by atomic mass is 32.1. The summed E-state index contributed by atoms with van der Waals surface area (Å²) >= 11 is 5.34. The molecule has 0 aromatic carbocycles. The number of nitrogens with one attached hydrogen (secondary N) is 2. The van der Waals surface area contributed by atoms with Gasteiger partial charge in [-0.05, 0) is 43.3 Å². The Morgan fingerprint density at radius 3 is 2.50 bits per heavy atom. The van der Waals surface area contributed by atoms with Gasteiger partial charge in [0.1, 0.15) is 0 Å². The minimum Gasteiger partial charge on any atom is -0.362 e. The van der Waals surface area contributed by atoms with Crippen LogP contribution in [0.1, 0.15) is 51.9 Å². The quantitative estimate of drug-likeness (QED) is 0.742. The van der Waals surface area contributed by atoms with Gasteiger partial charge in [0.25, 0.3) is 0 Å². The zero-order chi connectivity index (χ0) is 11.4. The van der Waals surface area contributed by atoms with Crippen LogP contribution in [0.4, 0.5) is 0 Å². The second kappa shape index (κ2) is 5.85. The second-order valence-electron chi connectivity index (χ2n) is 5.50. The molecule has 2 fully saturated rings. The zero-order valence-electron chi connectivity index (χ0n) is 10.3. The lowest BCUT2D eigenvalue weighted by molar-refractivity contribution is 0.413. The minimum atomic E-state index is 0.640. The maximum Gasteiger partial charge on any atom is 0.166 e. The minimum absolute atomic E-state index is 0.640. The van der Waals surface area contributed by atoms with E-state index >= 15 is 0 Å². The zero-order valence-corrected chi connectivity index (χ0v) is 11.1. The normalized spacial score (nSPS) is 30.6. The number of hydrogen-bond acceptors (Lipinski definition) is 1. The Labute approximate surface area is 105 Å². The first-order chi connectivity index (χ1) is 7.75. The Bertz CT molecular complexity index is 236. The molecule has 2 N–H and O–H groups in total. The molecule has 2 aliphatic rings. The van der Waals surface area contributed by atoms with E-state index in [1.54, 1.807) is 0 Å². The van der Waals surface area contributed by atoms with E-state index in [1.807, 2.05) is 0 Å². The van der Waals surface area contributed by atoms with Crippen LogP contribution in [0.3, 0.4) is 0 Å². The van der Waals surface area contributed by atoms with E-state index in [2.05, 4.69) is 17.6 Å². The van der Waals surface area contributed by atoms with Gasteiger partial charge in [-0.15, -0.1) is 0 Å². The van der Waals surface area contributed by atoms with Crippen LogP contribution in [0, 0.1) is 11.8 Å². The monoisotopic (exact) mass is 240 g/mol. The molecule has 0 aromatic rings. The van der Waals surface area contributed by atoms with Crippen LogP contribution in [0.15, 0.2) is 0 Å². The summed E-state index contributed by atoms with van der Waals surface area (Å²) in [5.74, 6) is 1.71. The summed E-state index contributed by atoms with van der Waals surface area (Å²) < 4.78 is 0. The molecule has 2 aliphatic carbocycles. The molecule has 0 saturated heterocycles. The summed E-state index contributed by atoms with van der Waals surface area (Å²) in [5, 5.41) is 7.72. The van der Waals surface area contributed by atoms with Crippen molar-refractivity contribution in [1.82, 2.24) is 10.6 Å². The van der Waals surface area contributed by atoms with E-state index in [-0.39, 0.29) is 0 Å². The summed E-state index contributed by atoms with van der Waals surface area (Å²) in [7, 11) is 0. The highest BCUT2D eigenvalue weighted by Crippen LogP contribution is 2.30. The van der Waals surface area contributed by atoms with E-state index in [0.717, 1.165) is 23.5 Å². The molecule has 16 heavy (non-hydrogen) atoms. The highest BCUT2D eigenvalue weighted by Gasteiger charge is 2.23. The van der Waals surface area contributed by atoms with Gasteiger partial charge in [-0.2, -0.15) is 0 Å². The van der Waals surface area contributed by atoms with Gasteiger partial charge in [-0.25, -0.2) is 0 Å². The van der Waals surface area contributed by atoms with Crippen LogP contribution >= 0.6 is 12.2 Å². The van der Waals surface area contributed by atoms with Crippen molar-refractivity contribution in [2.45, 2.75) is 57.9 Å². The third-order valence-corrected chi connectivity index (χ3v) is 4.52. The maximum absolute atomic E-state index is 5.34. The van der Waals surface area contributed by atoms with Crippen molar-refractivity contribution in [3.8, 4) is 0 Å². The van der Waals surface area contributed by atoms with Crippen LogP contribution in [0.5, 0.6) is 0 Å². The Hall–Kier alpha value is -0.310. The molecule has 0 amide bonds. The van der Waals surface area contributed by atoms with Gasteiger partial charge in [0.2, 0.25) is 0 Å². The number of hydrogen-bond donors (Lipinski definition) is 2. The Morgan fingerprint density at radius 1 is 1.12 bits per heavy atom. The van der Waals surface area contributed by atoms with Crippen LogP contribution in [0.25, 0.3) is 0 Å². The molecule has 2 saturated carbocycles. The SMILES string of the molecule is CC1CCCC1CNC(=S)NC1CCCC1. The summed E-state index contributed by atoms with van der Waals surface area (Å²) in [6.45, 7) is 3.44. The fourth-order valence-corrected chi connectivity index (χ4v) is 3.31. The third kappa shape index (κ3) is 3.34. The van der Waals surface area contributed by atoms with Gasteiger partial charge >= 0.3 is 0 Å². The van der Waals surface area contributed by atoms with Gasteiger partial charge in [0, 0.05) is 12.6 Å². The predicted molar refractivity (Wildman–Crippen MR) is 72.5 cm³/mol. The average molecular weight is 240 g/mol. The van der Waals surface area contributed by atoms with E-state index in [0.29, 0.717) is 6.04 Å². The molecule has 0 aliphatic heterocycles. The lowest BCUT2D eigenvalue weighted by atomic mass is 9.98. The maximum atomic E-state index is 5.34. The fraction of sp³-hybridized carbons (Fsp3) is 0.923. The molecule has 0 spiro atoms. The van der Waals surface area contributed by atoms with Gasteiger partial charge in [-0.1, -0.05) is 32.6 Å². The first-order valence-electron chi connectivity index (χ1n) is 6.80. The first-order valence-corrected chi connectivity index (χ1v) is 7.21. The molecule has 0 radical (unpaired) electrons. The van der Waals surface area contributed by atoms with Gasteiger partial charge in [-0.3, -0.25) is 0 Å². The van der Waals surface area contributed by atoms with Crippen molar-refractivity contribution in [2.24, 2.45) is 11.8 Å². The molecule has 0 aromatic heterocycles. The molecule has 2 rings (SSSR count). The van der Waals surface area contributed by atoms with Crippen molar-refractivity contribution < 1.29 is 0 Å². The Balaban J connectivity index is 1.63. The smallest absolute Gasteiger partial charge is 0.166 e. The summed E-state index contributed by atoms with van der Waals surface area (Å²) in [6, 6.07) is 0.640. The van der Waals surface area contributed by atoms with Crippen molar-refractivity contribution in [2.75, 3.05) is 6.54 Å². The largest absolute Gasteiger partial charge is 0.362 e. The summed E-state index contributed by atoms with van der Waals surface area (Å²) in [5.41, 5.74) is 0. The molecule has 0 heterocycles. The highest BCUT2D eigenvalue weighted by molar-refractivity contribution is 7.80. The second-order valence-corrected chi connectivity index (χ2v) is 5.91. The molecular weight excluding hydrogens is 216 g/mol. The molecule has 3 heteroatoms. The molecule has 92 valence electrons. The van der Waals surface area contributed by atoms with Crippen LogP contribution in [-0.4, -0.2) is 17.7 Å². The van der Waals surface area contributed by atoms with Crippen molar-refractivity contribution in [3.05, 3.63) is 0 Å². The molecule has 2 atom stereocenters. The van der Waals surface area contributed by atoms with Crippen LogP contribution < -0.4 is 10.6 Å². The molecule has 0 bridgehead atoms. The summed E-state index contributed by atoms with van der Waals surface area (Å²) in [6.07, 6.45) is 9.48. The van der Waals surface area contributed by atoms with E-state index in [1.165, 1.54) is 44.9 Å². The molecule has 2 nitrogen and oxygen atoms in total. The topological polar surface area (TPSA) is 24.1 Å².